The maximum absolute atomic E-state index is 12.5. The van der Waals surface area contributed by atoms with Crippen molar-refractivity contribution in [3.63, 3.8) is 0 Å². The summed E-state index contributed by atoms with van der Waals surface area (Å²) in [6, 6.07) is -0.735. The summed E-state index contributed by atoms with van der Waals surface area (Å²) in [7, 11) is 1.27. The standard InChI is InChI=1S/C12H17N3O4/c1-6-10(7(2)14-13-6)11(17)15-5-8(16)4-9(15)12(18)19-3/h8-9,16H,4-5H2,1-3H3,(H,13,14). The van der Waals surface area contributed by atoms with Gasteiger partial charge in [0.2, 0.25) is 0 Å². The zero-order chi connectivity index (χ0) is 14.2. The third kappa shape index (κ3) is 2.33. The van der Waals surface area contributed by atoms with Crippen molar-refractivity contribution in [1.29, 1.82) is 0 Å². The number of likely N-dealkylation sites (tertiary alicyclic amines) is 1. The van der Waals surface area contributed by atoms with Crippen LogP contribution < -0.4 is 0 Å². The maximum atomic E-state index is 12.5. The molecule has 0 spiro atoms. The van der Waals surface area contributed by atoms with Gasteiger partial charge in [-0.3, -0.25) is 9.89 Å². The maximum Gasteiger partial charge on any atom is 0.328 e. The molecule has 2 unspecified atom stereocenters. The van der Waals surface area contributed by atoms with Crippen molar-refractivity contribution in [2.45, 2.75) is 32.4 Å². The van der Waals surface area contributed by atoms with Gasteiger partial charge in [-0.15, -0.1) is 0 Å². The van der Waals surface area contributed by atoms with E-state index >= 15 is 0 Å². The molecule has 104 valence electrons. The highest BCUT2D eigenvalue weighted by Crippen LogP contribution is 2.23. The van der Waals surface area contributed by atoms with Crippen molar-refractivity contribution >= 4 is 11.9 Å². The van der Waals surface area contributed by atoms with Crippen LogP contribution in [0.25, 0.3) is 0 Å². The molecule has 2 atom stereocenters. The van der Waals surface area contributed by atoms with Gasteiger partial charge in [-0.05, 0) is 13.8 Å². The van der Waals surface area contributed by atoms with Gasteiger partial charge in [0.15, 0.2) is 0 Å². The van der Waals surface area contributed by atoms with Gasteiger partial charge in [-0.25, -0.2) is 4.79 Å². The van der Waals surface area contributed by atoms with Crippen LogP contribution in [0.3, 0.4) is 0 Å². The van der Waals surface area contributed by atoms with Crippen LogP contribution in [-0.4, -0.2) is 57.9 Å². The Kier molecular flexibility index (Phi) is 3.57. The molecule has 0 radical (unpaired) electrons. The molecule has 19 heavy (non-hydrogen) atoms. The molecule has 1 aliphatic rings. The van der Waals surface area contributed by atoms with Gasteiger partial charge >= 0.3 is 5.97 Å². The summed E-state index contributed by atoms with van der Waals surface area (Å²) >= 11 is 0. The average Bonchev–Trinajstić information content (AvgIpc) is 2.91. The number of carbonyl (C=O) groups is 2. The first kappa shape index (κ1) is 13.5. The molecular weight excluding hydrogens is 250 g/mol. The highest BCUT2D eigenvalue weighted by molar-refractivity contribution is 5.99. The molecule has 1 fully saturated rings. The molecule has 1 amide bonds. The van der Waals surface area contributed by atoms with Crippen LogP contribution in [0.15, 0.2) is 0 Å². The summed E-state index contributed by atoms with van der Waals surface area (Å²) in [5, 5.41) is 16.4. The van der Waals surface area contributed by atoms with Gasteiger partial charge in [-0.2, -0.15) is 5.10 Å². The first-order valence-electron chi connectivity index (χ1n) is 6.04. The van der Waals surface area contributed by atoms with Crippen molar-refractivity contribution in [3.05, 3.63) is 17.0 Å². The summed E-state index contributed by atoms with van der Waals surface area (Å²) in [6.07, 6.45) is -0.505. The Labute approximate surface area is 110 Å². The molecule has 0 saturated carbocycles. The molecule has 1 aliphatic heterocycles. The number of aliphatic hydroxyl groups excluding tert-OH is 1. The van der Waals surface area contributed by atoms with Crippen LogP contribution in [0.5, 0.6) is 0 Å². The number of ether oxygens (including phenoxy) is 1. The Morgan fingerprint density at radius 2 is 2.16 bits per heavy atom. The van der Waals surface area contributed by atoms with Gasteiger partial charge in [0, 0.05) is 18.7 Å². The van der Waals surface area contributed by atoms with Crippen molar-refractivity contribution in [1.82, 2.24) is 15.1 Å². The molecule has 7 nitrogen and oxygen atoms in total. The number of carbonyl (C=O) groups excluding carboxylic acids is 2. The number of amides is 1. The first-order valence-corrected chi connectivity index (χ1v) is 6.04. The van der Waals surface area contributed by atoms with Crippen LogP contribution in [0.2, 0.25) is 0 Å². The Bertz CT molecular complexity index is 492. The zero-order valence-corrected chi connectivity index (χ0v) is 11.1. The Morgan fingerprint density at radius 3 is 2.68 bits per heavy atom. The van der Waals surface area contributed by atoms with Crippen molar-refractivity contribution < 1.29 is 19.4 Å². The predicted octanol–water partition coefficient (Wildman–Crippen LogP) is -0.225. The van der Waals surface area contributed by atoms with Crippen LogP contribution in [0.4, 0.5) is 0 Å². The lowest BCUT2D eigenvalue weighted by Crippen LogP contribution is -2.41. The normalized spacial score (nSPS) is 22.6. The van der Waals surface area contributed by atoms with Gasteiger partial charge in [0.1, 0.15) is 6.04 Å². The quantitative estimate of drug-likeness (QED) is 0.722. The van der Waals surface area contributed by atoms with Crippen LogP contribution >= 0.6 is 0 Å². The number of methoxy groups -OCH3 is 1. The molecule has 0 aliphatic carbocycles. The lowest BCUT2D eigenvalue weighted by Gasteiger charge is -2.22. The minimum absolute atomic E-state index is 0.128. The number of hydrogen-bond acceptors (Lipinski definition) is 5. The van der Waals surface area contributed by atoms with E-state index in [1.165, 1.54) is 12.0 Å². The number of β-amino-alcohol motifs (C(OH)–C–C–N with tert-alkyl or cyclic N) is 1. The number of aromatic nitrogens is 2. The molecule has 7 heteroatoms. The molecule has 1 aromatic heterocycles. The van der Waals surface area contributed by atoms with Gasteiger partial charge in [0.05, 0.1) is 24.5 Å². The molecule has 2 rings (SSSR count). The van der Waals surface area contributed by atoms with Crippen LogP contribution in [-0.2, 0) is 9.53 Å². The largest absolute Gasteiger partial charge is 0.467 e. The minimum atomic E-state index is -0.735. The molecule has 0 bridgehead atoms. The second-order valence-electron chi connectivity index (χ2n) is 4.70. The Morgan fingerprint density at radius 1 is 1.47 bits per heavy atom. The third-order valence-corrected chi connectivity index (χ3v) is 3.36. The number of nitrogens with zero attached hydrogens (tertiary/aromatic N) is 2. The molecule has 2 heterocycles. The van der Waals surface area contributed by atoms with E-state index in [1.54, 1.807) is 13.8 Å². The van der Waals surface area contributed by atoms with E-state index in [9.17, 15) is 14.7 Å². The van der Waals surface area contributed by atoms with Crippen LogP contribution in [0.1, 0.15) is 28.2 Å². The fraction of sp³-hybridized carbons (Fsp3) is 0.583. The number of rotatable bonds is 2. The van der Waals surface area contributed by atoms with E-state index in [1.807, 2.05) is 0 Å². The third-order valence-electron chi connectivity index (χ3n) is 3.36. The zero-order valence-electron chi connectivity index (χ0n) is 11.1. The van der Waals surface area contributed by atoms with Crippen LogP contribution in [0, 0.1) is 13.8 Å². The monoisotopic (exact) mass is 267 g/mol. The van der Waals surface area contributed by atoms with Gasteiger partial charge in [0.25, 0.3) is 5.91 Å². The molecule has 2 N–H and O–H groups in total. The SMILES string of the molecule is COC(=O)C1CC(O)CN1C(=O)c1c(C)n[nH]c1C. The van der Waals surface area contributed by atoms with E-state index in [-0.39, 0.29) is 18.9 Å². The van der Waals surface area contributed by atoms with E-state index in [0.717, 1.165) is 0 Å². The fourth-order valence-electron chi connectivity index (χ4n) is 2.41. The van der Waals surface area contributed by atoms with E-state index in [2.05, 4.69) is 14.9 Å². The smallest absolute Gasteiger partial charge is 0.328 e. The highest BCUT2D eigenvalue weighted by Gasteiger charge is 2.40. The number of aliphatic hydroxyl groups is 1. The predicted molar refractivity (Wildman–Crippen MR) is 65.5 cm³/mol. The first-order chi connectivity index (χ1) is 8.95. The van der Waals surface area contributed by atoms with Crippen molar-refractivity contribution in [3.8, 4) is 0 Å². The van der Waals surface area contributed by atoms with Crippen molar-refractivity contribution in [2.75, 3.05) is 13.7 Å². The average molecular weight is 267 g/mol. The Balaban J connectivity index is 2.29. The number of aryl methyl sites for hydroxylation is 2. The summed E-state index contributed by atoms with van der Waals surface area (Å²) in [5.41, 5.74) is 1.67. The summed E-state index contributed by atoms with van der Waals surface area (Å²) in [5.74, 6) is -0.820. The van der Waals surface area contributed by atoms with Gasteiger partial charge in [-0.1, -0.05) is 0 Å². The number of esters is 1. The number of aromatic amines is 1. The second kappa shape index (κ2) is 5.00. The van der Waals surface area contributed by atoms with E-state index in [0.29, 0.717) is 17.0 Å². The Hall–Kier alpha value is -1.89. The lowest BCUT2D eigenvalue weighted by molar-refractivity contribution is -0.145. The molecule has 0 aromatic carbocycles. The fourth-order valence-corrected chi connectivity index (χ4v) is 2.41. The van der Waals surface area contributed by atoms with E-state index in [4.69, 9.17) is 0 Å². The molecule has 1 aromatic rings. The van der Waals surface area contributed by atoms with Crippen molar-refractivity contribution in [2.24, 2.45) is 0 Å². The minimum Gasteiger partial charge on any atom is -0.467 e. The summed E-state index contributed by atoms with van der Waals surface area (Å²) < 4.78 is 4.67. The topological polar surface area (TPSA) is 95.5 Å². The number of hydrogen-bond donors (Lipinski definition) is 2. The van der Waals surface area contributed by atoms with E-state index < -0.39 is 18.1 Å². The highest BCUT2D eigenvalue weighted by atomic mass is 16.5. The second-order valence-corrected chi connectivity index (χ2v) is 4.70. The number of H-pyrrole nitrogens is 1. The summed E-state index contributed by atoms with van der Waals surface area (Å²) in [6.45, 7) is 3.59. The molecule has 1 saturated heterocycles. The summed E-state index contributed by atoms with van der Waals surface area (Å²) in [4.78, 5) is 25.5. The molecular formula is C12H17N3O4. The van der Waals surface area contributed by atoms with Gasteiger partial charge < -0.3 is 14.7 Å². The lowest BCUT2D eigenvalue weighted by atomic mass is 10.1. The number of nitrogens with one attached hydrogen (secondary N) is 1.